The van der Waals surface area contributed by atoms with Crippen molar-refractivity contribution in [3.05, 3.63) is 12.2 Å². The maximum atomic E-state index is 10.2. The second kappa shape index (κ2) is 4.94. The summed E-state index contributed by atoms with van der Waals surface area (Å²) in [6, 6.07) is 0. The summed E-state index contributed by atoms with van der Waals surface area (Å²) in [4.78, 5) is 0. The van der Waals surface area contributed by atoms with Crippen LogP contribution in [-0.2, 0) is 0 Å². The van der Waals surface area contributed by atoms with Crippen LogP contribution in [0.5, 0.6) is 0 Å². The predicted octanol–water partition coefficient (Wildman–Crippen LogP) is 2.11. The standard InChI is InChI=1S/C12H22O2/c1-10(2)11-5-3-6-12(14,9-11)7-4-8-13/h4,7,10-11,13-14H,3,5-6,8-9H2,1-2H3. The minimum absolute atomic E-state index is 0.0225. The Morgan fingerprint density at radius 2 is 2.21 bits per heavy atom. The number of aliphatic hydroxyl groups is 2. The van der Waals surface area contributed by atoms with Gasteiger partial charge in [-0.15, -0.1) is 0 Å². The van der Waals surface area contributed by atoms with Gasteiger partial charge in [0, 0.05) is 0 Å². The van der Waals surface area contributed by atoms with Gasteiger partial charge in [0.1, 0.15) is 0 Å². The highest BCUT2D eigenvalue weighted by atomic mass is 16.3. The summed E-state index contributed by atoms with van der Waals surface area (Å²) < 4.78 is 0. The van der Waals surface area contributed by atoms with Gasteiger partial charge >= 0.3 is 0 Å². The van der Waals surface area contributed by atoms with Gasteiger partial charge in [0.15, 0.2) is 0 Å². The molecule has 1 rings (SSSR count). The summed E-state index contributed by atoms with van der Waals surface area (Å²) in [5.74, 6) is 1.27. The van der Waals surface area contributed by atoms with Crippen molar-refractivity contribution in [2.75, 3.05) is 6.61 Å². The summed E-state index contributed by atoms with van der Waals surface area (Å²) >= 11 is 0. The highest BCUT2D eigenvalue weighted by molar-refractivity contribution is 5.03. The lowest BCUT2D eigenvalue weighted by molar-refractivity contribution is 0.0170. The molecule has 0 bridgehead atoms. The van der Waals surface area contributed by atoms with Crippen LogP contribution in [0.4, 0.5) is 0 Å². The van der Waals surface area contributed by atoms with Crippen molar-refractivity contribution in [3.63, 3.8) is 0 Å². The first-order chi connectivity index (χ1) is 6.57. The van der Waals surface area contributed by atoms with Gasteiger partial charge in [0.25, 0.3) is 0 Å². The van der Waals surface area contributed by atoms with E-state index in [9.17, 15) is 5.11 Å². The lowest BCUT2D eigenvalue weighted by Gasteiger charge is -2.36. The second-order valence-corrected chi connectivity index (χ2v) is 4.79. The van der Waals surface area contributed by atoms with E-state index in [-0.39, 0.29) is 6.61 Å². The molecule has 2 heteroatoms. The normalized spacial score (nSPS) is 34.2. The number of aliphatic hydroxyl groups excluding tert-OH is 1. The molecule has 0 aliphatic heterocycles. The molecule has 1 saturated carbocycles. The first kappa shape index (κ1) is 11.7. The summed E-state index contributed by atoms with van der Waals surface area (Å²) in [6.07, 6.45) is 7.44. The van der Waals surface area contributed by atoms with Gasteiger partial charge in [-0.2, -0.15) is 0 Å². The number of rotatable bonds is 3. The van der Waals surface area contributed by atoms with Crippen molar-refractivity contribution >= 4 is 0 Å². The lowest BCUT2D eigenvalue weighted by atomic mass is 9.73. The lowest BCUT2D eigenvalue weighted by Crippen LogP contribution is -2.34. The van der Waals surface area contributed by atoms with Gasteiger partial charge in [-0.25, -0.2) is 0 Å². The molecule has 82 valence electrons. The van der Waals surface area contributed by atoms with Crippen LogP contribution in [-0.4, -0.2) is 22.4 Å². The van der Waals surface area contributed by atoms with Crippen molar-refractivity contribution < 1.29 is 10.2 Å². The van der Waals surface area contributed by atoms with Gasteiger partial charge < -0.3 is 10.2 Å². The fourth-order valence-corrected chi connectivity index (χ4v) is 2.32. The Morgan fingerprint density at radius 1 is 1.50 bits per heavy atom. The molecule has 2 nitrogen and oxygen atoms in total. The number of hydrogen-bond donors (Lipinski definition) is 2. The molecule has 2 unspecified atom stereocenters. The van der Waals surface area contributed by atoms with E-state index in [0.29, 0.717) is 11.8 Å². The van der Waals surface area contributed by atoms with E-state index in [2.05, 4.69) is 13.8 Å². The molecule has 0 aromatic heterocycles. The molecule has 1 fully saturated rings. The summed E-state index contributed by atoms with van der Waals surface area (Å²) in [6.45, 7) is 4.45. The van der Waals surface area contributed by atoms with E-state index >= 15 is 0 Å². The third kappa shape index (κ3) is 3.10. The van der Waals surface area contributed by atoms with Crippen LogP contribution in [0.3, 0.4) is 0 Å². The minimum atomic E-state index is -0.657. The first-order valence-electron chi connectivity index (χ1n) is 5.58. The van der Waals surface area contributed by atoms with Crippen molar-refractivity contribution in [3.8, 4) is 0 Å². The zero-order valence-electron chi connectivity index (χ0n) is 9.24. The molecule has 0 radical (unpaired) electrons. The summed E-state index contributed by atoms with van der Waals surface area (Å²) in [7, 11) is 0. The minimum Gasteiger partial charge on any atom is -0.392 e. The maximum Gasteiger partial charge on any atom is 0.0831 e. The largest absolute Gasteiger partial charge is 0.392 e. The smallest absolute Gasteiger partial charge is 0.0831 e. The van der Waals surface area contributed by atoms with E-state index in [4.69, 9.17) is 5.11 Å². The zero-order valence-corrected chi connectivity index (χ0v) is 9.24. The number of hydrogen-bond acceptors (Lipinski definition) is 2. The zero-order chi connectivity index (χ0) is 10.6. The third-order valence-electron chi connectivity index (χ3n) is 3.28. The summed E-state index contributed by atoms with van der Waals surface area (Å²) in [5, 5.41) is 18.9. The van der Waals surface area contributed by atoms with Gasteiger partial charge in [0.2, 0.25) is 0 Å². The average molecular weight is 198 g/mol. The van der Waals surface area contributed by atoms with E-state index in [1.165, 1.54) is 6.42 Å². The van der Waals surface area contributed by atoms with Crippen LogP contribution in [0.1, 0.15) is 39.5 Å². The molecule has 1 aliphatic carbocycles. The van der Waals surface area contributed by atoms with Gasteiger partial charge in [-0.1, -0.05) is 26.0 Å². The Kier molecular flexibility index (Phi) is 4.14. The third-order valence-corrected chi connectivity index (χ3v) is 3.28. The van der Waals surface area contributed by atoms with E-state index in [1.54, 1.807) is 12.2 Å². The Balaban J connectivity index is 2.57. The maximum absolute atomic E-state index is 10.2. The van der Waals surface area contributed by atoms with Crippen LogP contribution < -0.4 is 0 Å². The predicted molar refractivity (Wildman–Crippen MR) is 58.0 cm³/mol. The molecule has 0 saturated heterocycles. The highest BCUT2D eigenvalue weighted by Crippen LogP contribution is 2.37. The molecule has 2 N–H and O–H groups in total. The highest BCUT2D eigenvalue weighted by Gasteiger charge is 2.32. The molecule has 0 amide bonds. The molecule has 0 spiro atoms. The monoisotopic (exact) mass is 198 g/mol. The van der Waals surface area contributed by atoms with Crippen LogP contribution >= 0.6 is 0 Å². The van der Waals surface area contributed by atoms with Crippen molar-refractivity contribution in [1.82, 2.24) is 0 Å². The molecular formula is C12H22O2. The van der Waals surface area contributed by atoms with Crippen LogP contribution in [0, 0.1) is 11.8 Å². The van der Waals surface area contributed by atoms with Gasteiger partial charge in [-0.3, -0.25) is 0 Å². The van der Waals surface area contributed by atoms with Crippen LogP contribution in [0.25, 0.3) is 0 Å². The first-order valence-corrected chi connectivity index (χ1v) is 5.58. The topological polar surface area (TPSA) is 40.5 Å². The Hall–Kier alpha value is -0.340. The summed E-state index contributed by atoms with van der Waals surface area (Å²) in [5.41, 5.74) is -0.657. The van der Waals surface area contributed by atoms with Gasteiger partial charge in [-0.05, 0) is 37.5 Å². The molecule has 1 aliphatic rings. The molecule has 0 aromatic carbocycles. The molecule has 2 atom stereocenters. The second-order valence-electron chi connectivity index (χ2n) is 4.79. The van der Waals surface area contributed by atoms with Crippen molar-refractivity contribution in [1.29, 1.82) is 0 Å². The van der Waals surface area contributed by atoms with E-state index in [0.717, 1.165) is 19.3 Å². The molecule has 14 heavy (non-hydrogen) atoms. The molecule has 0 heterocycles. The van der Waals surface area contributed by atoms with Gasteiger partial charge in [0.05, 0.1) is 12.2 Å². The average Bonchev–Trinajstić information content (AvgIpc) is 2.15. The fraction of sp³-hybridized carbons (Fsp3) is 0.833. The fourth-order valence-electron chi connectivity index (χ4n) is 2.32. The Morgan fingerprint density at radius 3 is 2.79 bits per heavy atom. The van der Waals surface area contributed by atoms with E-state index in [1.807, 2.05) is 0 Å². The molecule has 0 aromatic rings. The van der Waals surface area contributed by atoms with Crippen molar-refractivity contribution in [2.24, 2.45) is 11.8 Å². The van der Waals surface area contributed by atoms with E-state index < -0.39 is 5.60 Å². The quantitative estimate of drug-likeness (QED) is 0.682. The SMILES string of the molecule is CC(C)C1CCCC(O)(C=CCO)C1. The molecular weight excluding hydrogens is 176 g/mol. The Labute approximate surface area is 86.6 Å². The Bertz CT molecular complexity index is 198. The van der Waals surface area contributed by atoms with Crippen LogP contribution in [0.2, 0.25) is 0 Å². The van der Waals surface area contributed by atoms with Crippen LogP contribution in [0.15, 0.2) is 12.2 Å². The van der Waals surface area contributed by atoms with Crippen molar-refractivity contribution in [2.45, 2.75) is 45.1 Å².